The van der Waals surface area contributed by atoms with Gasteiger partial charge in [0.05, 0.1) is 0 Å². The number of halogens is 5. The van der Waals surface area contributed by atoms with Gasteiger partial charge < -0.3 is 4.74 Å². The van der Waals surface area contributed by atoms with Crippen LogP contribution in [0.5, 0.6) is 0 Å². The van der Waals surface area contributed by atoms with Crippen molar-refractivity contribution < 1.29 is 31.5 Å². The number of hydrogen-bond donors (Lipinski definition) is 1. The third-order valence-electron chi connectivity index (χ3n) is 1.98. The lowest BCUT2D eigenvalue weighted by Gasteiger charge is -2.19. The van der Waals surface area contributed by atoms with Gasteiger partial charge in [0.1, 0.15) is 17.0 Å². The molecule has 0 saturated heterocycles. The van der Waals surface area contributed by atoms with E-state index in [0.717, 1.165) is 0 Å². The van der Waals surface area contributed by atoms with E-state index in [-0.39, 0.29) is 11.9 Å². The van der Waals surface area contributed by atoms with Gasteiger partial charge in [0.15, 0.2) is 23.3 Å². The molecular weight excluding hydrogens is 317 g/mol. The maximum Gasteiger partial charge on any atom is 0.321 e. The fourth-order valence-corrected chi connectivity index (χ4v) is 1.91. The van der Waals surface area contributed by atoms with Crippen molar-refractivity contribution >= 4 is 17.9 Å². The van der Waals surface area contributed by atoms with Crippen molar-refractivity contribution in [2.45, 2.75) is 31.3 Å². The van der Waals surface area contributed by atoms with Crippen LogP contribution in [-0.2, 0) is 9.53 Å². The predicted octanol–water partition coefficient (Wildman–Crippen LogP) is 3.32. The van der Waals surface area contributed by atoms with Gasteiger partial charge in [0.2, 0.25) is 5.82 Å². The molecule has 1 aromatic carbocycles. The second-order valence-corrected chi connectivity index (χ2v) is 5.81. The summed E-state index contributed by atoms with van der Waals surface area (Å²) in [5, 5.41) is 0. The van der Waals surface area contributed by atoms with E-state index in [1.165, 1.54) is 0 Å². The third-order valence-corrected chi connectivity index (χ3v) is 2.83. The van der Waals surface area contributed by atoms with Gasteiger partial charge >= 0.3 is 5.97 Å². The van der Waals surface area contributed by atoms with E-state index in [9.17, 15) is 26.7 Å². The fourth-order valence-electron chi connectivity index (χ4n) is 1.22. The molecule has 0 amide bonds. The molecule has 0 aliphatic carbocycles. The summed E-state index contributed by atoms with van der Waals surface area (Å²) in [7, 11) is 0. The van der Waals surface area contributed by atoms with Crippen molar-refractivity contribution in [3.8, 4) is 0 Å². The molecule has 0 aliphatic rings. The van der Waals surface area contributed by atoms with Crippen molar-refractivity contribution in [1.29, 1.82) is 0 Å². The molecule has 0 unspecified atom stereocenters. The van der Waals surface area contributed by atoms with E-state index in [1.807, 2.05) is 0 Å². The molecule has 0 bridgehead atoms. The highest BCUT2D eigenvalue weighted by Crippen LogP contribution is 2.29. The zero-order chi connectivity index (χ0) is 16.4. The first-order valence-electron chi connectivity index (χ1n) is 5.67. The largest absolute Gasteiger partial charge is 0.459 e. The Labute approximate surface area is 122 Å². The van der Waals surface area contributed by atoms with Crippen LogP contribution in [0.15, 0.2) is 4.90 Å². The summed E-state index contributed by atoms with van der Waals surface area (Å²) < 4.78 is 72.3. The quantitative estimate of drug-likeness (QED) is 0.302. The van der Waals surface area contributed by atoms with Gasteiger partial charge in [-0.15, -0.1) is 0 Å². The molecule has 118 valence electrons. The van der Waals surface area contributed by atoms with Gasteiger partial charge in [0, 0.05) is 0 Å². The van der Waals surface area contributed by atoms with E-state index >= 15 is 0 Å². The maximum absolute atomic E-state index is 13.3. The minimum Gasteiger partial charge on any atom is -0.459 e. The van der Waals surface area contributed by atoms with Crippen LogP contribution in [0.25, 0.3) is 0 Å². The van der Waals surface area contributed by atoms with Gasteiger partial charge in [-0.1, -0.05) is 0 Å². The van der Waals surface area contributed by atoms with E-state index < -0.39 is 52.1 Å². The van der Waals surface area contributed by atoms with Gasteiger partial charge in [0.25, 0.3) is 0 Å². The first-order chi connectivity index (χ1) is 9.54. The minimum absolute atomic E-state index is 0.118. The van der Waals surface area contributed by atoms with Gasteiger partial charge in [-0.2, -0.15) is 0 Å². The van der Waals surface area contributed by atoms with Gasteiger partial charge in [-0.3, -0.25) is 4.79 Å². The monoisotopic (exact) mass is 329 g/mol. The van der Waals surface area contributed by atoms with Crippen molar-refractivity contribution in [2.24, 2.45) is 0 Å². The van der Waals surface area contributed by atoms with Crippen LogP contribution in [0, 0.1) is 29.1 Å². The maximum atomic E-state index is 13.3. The minimum atomic E-state index is -2.23. The number of ether oxygens (including phenoxy) is 1. The van der Waals surface area contributed by atoms with Gasteiger partial charge in [-0.25, -0.2) is 26.7 Å². The number of hydrogen-bond acceptors (Lipinski definition) is 4. The predicted molar refractivity (Wildman–Crippen MR) is 65.9 cm³/mol. The first kappa shape index (κ1) is 17.7. The standard InChI is InChI=1S/C12H12F5NO2S/c1-12(2,3)20-5(19)4-18-21-11-9(16)7(14)6(13)8(15)10(11)17/h18H,4H2,1-3H3. The van der Waals surface area contributed by atoms with Crippen LogP contribution in [-0.4, -0.2) is 18.1 Å². The third kappa shape index (κ3) is 4.57. The molecule has 0 atom stereocenters. The molecule has 0 heterocycles. The Kier molecular flexibility index (Phi) is 5.57. The molecule has 0 saturated carbocycles. The summed E-state index contributed by atoms with van der Waals surface area (Å²) in [5.74, 6) is -11.0. The molecule has 0 aliphatic heterocycles. The van der Waals surface area contributed by atoms with Crippen LogP contribution in [0.2, 0.25) is 0 Å². The molecule has 1 rings (SSSR count). The number of esters is 1. The summed E-state index contributed by atoms with van der Waals surface area (Å²) in [6, 6.07) is 0. The molecule has 0 radical (unpaired) electrons. The summed E-state index contributed by atoms with van der Waals surface area (Å²) in [4.78, 5) is 10.2. The normalized spacial score (nSPS) is 11.6. The van der Waals surface area contributed by atoms with Crippen molar-refractivity contribution in [3.63, 3.8) is 0 Å². The molecule has 0 aromatic heterocycles. The molecule has 0 fully saturated rings. The second-order valence-electron chi connectivity index (χ2n) is 4.91. The number of carbonyl (C=O) groups excluding carboxylic acids is 1. The average Bonchev–Trinajstić information content (AvgIpc) is 2.36. The zero-order valence-electron chi connectivity index (χ0n) is 11.3. The van der Waals surface area contributed by atoms with Crippen molar-refractivity contribution in [2.75, 3.05) is 6.54 Å². The number of nitrogens with one attached hydrogen (secondary N) is 1. The zero-order valence-corrected chi connectivity index (χ0v) is 12.1. The highest BCUT2D eigenvalue weighted by Gasteiger charge is 2.26. The summed E-state index contributed by atoms with van der Waals surface area (Å²) in [6.07, 6.45) is 0. The van der Waals surface area contributed by atoms with E-state index in [1.54, 1.807) is 20.8 Å². The van der Waals surface area contributed by atoms with E-state index in [2.05, 4.69) is 4.72 Å². The lowest BCUT2D eigenvalue weighted by Crippen LogP contribution is -2.29. The van der Waals surface area contributed by atoms with Crippen LogP contribution < -0.4 is 4.72 Å². The Morgan fingerprint density at radius 2 is 1.43 bits per heavy atom. The second kappa shape index (κ2) is 6.61. The van der Waals surface area contributed by atoms with Crippen molar-refractivity contribution in [3.05, 3.63) is 29.1 Å². The van der Waals surface area contributed by atoms with E-state index in [4.69, 9.17) is 4.74 Å². The Morgan fingerprint density at radius 3 is 1.86 bits per heavy atom. The molecule has 1 aromatic rings. The van der Waals surface area contributed by atoms with Crippen LogP contribution in [0.4, 0.5) is 22.0 Å². The Bertz CT molecular complexity index is 531. The van der Waals surface area contributed by atoms with Crippen LogP contribution >= 0.6 is 11.9 Å². The smallest absolute Gasteiger partial charge is 0.321 e. The molecule has 9 heteroatoms. The van der Waals surface area contributed by atoms with Crippen molar-refractivity contribution in [1.82, 2.24) is 4.72 Å². The number of benzene rings is 1. The summed E-state index contributed by atoms with van der Waals surface area (Å²) >= 11 is 0.118. The topological polar surface area (TPSA) is 38.3 Å². The average molecular weight is 329 g/mol. The van der Waals surface area contributed by atoms with Crippen LogP contribution in [0.1, 0.15) is 20.8 Å². The van der Waals surface area contributed by atoms with Gasteiger partial charge in [-0.05, 0) is 32.7 Å². The lowest BCUT2D eigenvalue weighted by molar-refractivity contribution is -0.153. The first-order valence-corrected chi connectivity index (χ1v) is 6.49. The Morgan fingerprint density at radius 1 is 1.00 bits per heavy atom. The fraction of sp³-hybridized carbons (Fsp3) is 0.417. The molecular formula is C12H12F5NO2S. The number of rotatable bonds is 4. The molecule has 21 heavy (non-hydrogen) atoms. The highest BCUT2D eigenvalue weighted by molar-refractivity contribution is 7.97. The summed E-state index contributed by atoms with van der Waals surface area (Å²) in [6.45, 7) is 4.37. The Balaban J connectivity index is 2.75. The number of carbonyl (C=O) groups is 1. The SMILES string of the molecule is CC(C)(C)OC(=O)CNSc1c(F)c(F)c(F)c(F)c1F. The highest BCUT2D eigenvalue weighted by atomic mass is 32.2. The molecule has 0 spiro atoms. The lowest BCUT2D eigenvalue weighted by atomic mass is 10.2. The Hall–Kier alpha value is -1.35. The summed E-state index contributed by atoms with van der Waals surface area (Å²) in [5.41, 5.74) is -0.756. The molecule has 1 N–H and O–H groups in total. The van der Waals surface area contributed by atoms with Crippen LogP contribution in [0.3, 0.4) is 0 Å². The van der Waals surface area contributed by atoms with E-state index in [0.29, 0.717) is 0 Å². The molecule has 3 nitrogen and oxygen atoms in total.